The summed E-state index contributed by atoms with van der Waals surface area (Å²) in [6.45, 7) is 0. The molecule has 1 aromatic carbocycles. The van der Waals surface area contributed by atoms with Gasteiger partial charge in [0.1, 0.15) is 0 Å². The van der Waals surface area contributed by atoms with Crippen molar-refractivity contribution in [2.75, 3.05) is 0 Å². The zero-order chi connectivity index (χ0) is 11.9. The van der Waals surface area contributed by atoms with Gasteiger partial charge in [-0.1, -0.05) is 0 Å². The van der Waals surface area contributed by atoms with Crippen molar-refractivity contribution in [3.8, 4) is 0 Å². The van der Waals surface area contributed by atoms with E-state index in [1.807, 2.05) is 18.2 Å². The van der Waals surface area contributed by atoms with Crippen LogP contribution in [0.25, 0.3) is 0 Å². The molecule has 3 nitrogen and oxygen atoms in total. The molecule has 1 fully saturated rings. The number of hydrogen-bond donors (Lipinski definition) is 0. The number of nitrogens with zero attached hydrogens (tertiary/aromatic N) is 1. The van der Waals surface area contributed by atoms with Crippen molar-refractivity contribution in [3.63, 3.8) is 0 Å². The minimum atomic E-state index is -3.18. The molecule has 0 saturated heterocycles. The number of benzene rings is 1. The Morgan fingerprint density at radius 2 is 1.82 bits per heavy atom. The molecule has 0 amide bonds. The predicted molar refractivity (Wildman–Crippen MR) is 67.7 cm³/mol. The first-order valence-corrected chi connectivity index (χ1v) is 9.07. The predicted octanol–water partition coefficient (Wildman–Crippen LogP) is 1.27. The Hall–Kier alpha value is -0.351. The van der Waals surface area contributed by atoms with E-state index in [1.54, 1.807) is 9.39 Å². The van der Waals surface area contributed by atoms with Crippen molar-refractivity contribution in [2.24, 2.45) is 0 Å². The molecule has 0 atom stereocenters. The molecule has 0 radical (unpaired) electrons. The molecule has 92 valence electrons. The van der Waals surface area contributed by atoms with E-state index in [1.165, 1.54) is 19.3 Å². The van der Waals surface area contributed by atoms with Gasteiger partial charge in [0.15, 0.2) is 0 Å². The maximum absolute atomic E-state index is 12.4. The molecule has 17 heavy (non-hydrogen) atoms. The molecule has 1 saturated carbocycles. The molecule has 0 spiro atoms. The fourth-order valence-electron chi connectivity index (χ4n) is 2.54. The van der Waals surface area contributed by atoms with Gasteiger partial charge >= 0.3 is 109 Å². The molecule has 0 unspecified atom stereocenters. The molecule has 3 rings (SSSR count). The number of rotatable bonds is 1. The summed E-state index contributed by atoms with van der Waals surface area (Å²) in [6, 6.07) is 7.70. The molecular formula is C12H15NO2SSe. The zero-order valence-corrected chi connectivity index (χ0v) is 12.0. The van der Waals surface area contributed by atoms with Crippen LogP contribution in [-0.4, -0.2) is 33.0 Å². The Kier molecular flexibility index (Phi) is 3.03. The van der Waals surface area contributed by atoms with Gasteiger partial charge in [-0.15, -0.1) is 0 Å². The van der Waals surface area contributed by atoms with Crippen molar-refractivity contribution < 1.29 is 8.42 Å². The molecule has 2 aliphatic rings. The van der Waals surface area contributed by atoms with Crippen LogP contribution < -0.4 is 4.46 Å². The average molecular weight is 316 g/mol. The van der Waals surface area contributed by atoms with Crippen molar-refractivity contribution >= 4 is 29.7 Å². The van der Waals surface area contributed by atoms with Gasteiger partial charge in [0.25, 0.3) is 0 Å². The van der Waals surface area contributed by atoms with Crippen LogP contribution in [0.5, 0.6) is 0 Å². The van der Waals surface area contributed by atoms with Gasteiger partial charge in [0.2, 0.25) is 0 Å². The second-order valence-corrected chi connectivity index (χ2v) is 9.03. The van der Waals surface area contributed by atoms with E-state index in [9.17, 15) is 8.42 Å². The van der Waals surface area contributed by atoms with Gasteiger partial charge in [-0.3, -0.25) is 0 Å². The van der Waals surface area contributed by atoms with Crippen LogP contribution in [0, 0.1) is 0 Å². The van der Waals surface area contributed by atoms with E-state index in [-0.39, 0.29) is 21.2 Å². The number of hydrogen-bond acceptors (Lipinski definition) is 2. The van der Waals surface area contributed by atoms with E-state index >= 15 is 0 Å². The summed E-state index contributed by atoms with van der Waals surface area (Å²) in [7, 11) is -3.18. The van der Waals surface area contributed by atoms with E-state index in [2.05, 4.69) is 0 Å². The van der Waals surface area contributed by atoms with E-state index in [0.717, 1.165) is 17.3 Å². The molecule has 0 bridgehead atoms. The third kappa shape index (κ3) is 1.95. The summed E-state index contributed by atoms with van der Waals surface area (Å²) in [6.07, 6.45) is 5.67. The normalized spacial score (nSPS) is 24.7. The van der Waals surface area contributed by atoms with Crippen molar-refractivity contribution in [1.82, 2.24) is 3.32 Å². The fraction of sp³-hybridized carbons (Fsp3) is 0.500. The molecule has 1 aliphatic carbocycles. The summed E-state index contributed by atoms with van der Waals surface area (Å²) in [5.74, 6) is 0. The van der Waals surface area contributed by atoms with Crippen LogP contribution in [0.3, 0.4) is 0 Å². The Morgan fingerprint density at radius 1 is 1.12 bits per heavy atom. The third-order valence-corrected chi connectivity index (χ3v) is 9.19. The first kappa shape index (κ1) is 11.7. The number of fused-ring (bicyclic) bond motifs is 1. The number of sulfonamides is 1. The van der Waals surface area contributed by atoms with Gasteiger partial charge < -0.3 is 0 Å². The SMILES string of the molecule is O=S1(=O)c2ccccc2[Se]N1C1CCCCC1. The summed E-state index contributed by atoms with van der Waals surface area (Å²) in [5.41, 5.74) is 0. The summed E-state index contributed by atoms with van der Waals surface area (Å²) in [5, 5.41) is 0. The van der Waals surface area contributed by atoms with Gasteiger partial charge in [-0.25, -0.2) is 0 Å². The fourth-order valence-corrected chi connectivity index (χ4v) is 8.20. The standard InChI is InChI=1S/C12H15NO2SSe/c14-16(15)11-8-4-5-9-12(11)17-13(16)10-6-2-1-3-7-10/h4-5,8-10H,1-3,6-7H2. The van der Waals surface area contributed by atoms with Crippen molar-refractivity contribution in [3.05, 3.63) is 24.3 Å². The Morgan fingerprint density at radius 3 is 2.53 bits per heavy atom. The first-order valence-electron chi connectivity index (χ1n) is 6.01. The molecule has 0 aromatic heterocycles. The van der Waals surface area contributed by atoms with Gasteiger partial charge in [0, 0.05) is 0 Å². The third-order valence-electron chi connectivity index (χ3n) is 3.43. The van der Waals surface area contributed by atoms with E-state index in [0.29, 0.717) is 4.90 Å². The van der Waals surface area contributed by atoms with Crippen LogP contribution in [-0.2, 0) is 10.0 Å². The first-order chi connectivity index (χ1) is 8.19. The van der Waals surface area contributed by atoms with E-state index < -0.39 is 10.0 Å². The van der Waals surface area contributed by atoms with Gasteiger partial charge in [-0.05, 0) is 0 Å². The monoisotopic (exact) mass is 317 g/mol. The summed E-state index contributed by atoms with van der Waals surface area (Å²) in [4.78, 5) is 0.547. The van der Waals surface area contributed by atoms with E-state index in [4.69, 9.17) is 0 Å². The van der Waals surface area contributed by atoms with Crippen LogP contribution >= 0.6 is 0 Å². The van der Waals surface area contributed by atoms with Crippen LogP contribution in [0.1, 0.15) is 32.1 Å². The van der Waals surface area contributed by atoms with Crippen LogP contribution in [0.15, 0.2) is 29.2 Å². The Labute approximate surface area is 109 Å². The van der Waals surface area contributed by atoms with Gasteiger partial charge in [0.05, 0.1) is 0 Å². The molecule has 1 heterocycles. The van der Waals surface area contributed by atoms with Crippen molar-refractivity contribution in [2.45, 2.75) is 43.0 Å². The van der Waals surface area contributed by atoms with Crippen LogP contribution in [0.2, 0.25) is 0 Å². The zero-order valence-electron chi connectivity index (χ0n) is 9.50. The molecular weight excluding hydrogens is 301 g/mol. The molecule has 1 aromatic rings. The maximum atomic E-state index is 12.4. The molecule has 5 heteroatoms. The summed E-state index contributed by atoms with van der Waals surface area (Å²) < 4.78 is 27.7. The minimum absolute atomic E-state index is 0.0442. The van der Waals surface area contributed by atoms with Gasteiger partial charge in [-0.2, -0.15) is 0 Å². The van der Waals surface area contributed by atoms with Crippen molar-refractivity contribution in [1.29, 1.82) is 0 Å². The molecule has 1 aliphatic heterocycles. The summed E-state index contributed by atoms with van der Waals surface area (Å²) >= 11 is -0.0442. The Bertz CT molecular complexity index is 523. The Balaban J connectivity index is 1.95. The molecule has 0 N–H and O–H groups in total. The van der Waals surface area contributed by atoms with Crippen LogP contribution in [0.4, 0.5) is 0 Å². The quantitative estimate of drug-likeness (QED) is 0.732. The topological polar surface area (TPSA) is 37.4 Å². The second kappa shape index (κ2) is 4.39. The average Bonchev–Trinajstić information content (AvgIpc) is 2.63. The second-order valence-electron chi connectivity index (χ2n) is 4.59.